The Labute approximate surface area is 139 Å². The number of aromatic carboxylic acids is 1. The average molecular weight is 330 g/mol. The molecule has 0 saturated heterocycles. The van der Waals surface area contributed by atoms with E-state index in [0.29, 0.717) is 12.2 Å². The van der Waals surface area contributed by atoms with Crippen LogP contribution >= 0.6 is 0 Å². The zero-order chi connectivity index (χ0) is 17.5. The van der Waals surface area contributed by atoms with E-state index >= 15 is 0 Å². The molecule has 7 nitrogen and oxygen atoms in total. The summed E-state index contributed by atoms with van der Waals surface area (Å²) >= 11 is 0. The van der Waals surface area contributed by atoms with Gasteiger partial charge in [0, 0.05) is 6.08 Å². The Morgan fingerprint density at radius 3 is 2.58 bits per heavy atom. The van der Waals surface area contributed by atoms with Crippen molar-refractivity contribution in [2.45, 2.75) is 13.5 Å². The molecule has 2 aromatic rings. The highest BCUT2D eigenvalue weighted by atomic mass is 16.5. The first kappa shape index (κ1) is 17.3. The Balaban J connectivity index is 2.28. The number of hydrogen-bond acceptors (Lipinski definition) is 5. The van der Waals surface area contributed by atoms with E-state index in [4.69, 9.17) is 9.47 Å². The van der Waals surface area contributed by atoms with Crippen LogP contribution in [0.5, 0.6) is 5.75 Å². The van der Waals surface area contributed by atoms with Gasteiger partial charge < -0.3 is 14.6 Å². The highest BCUT2D eigenvalue weighted by molar-refractivity contribution is 5.94. The Hall–Kier alpha value is -3.09. The van der Waals surface area contributed by atoms with Crippen LogP contribution in [0.25, 0.3) is 6.08 Å². The van der Waals surface area contributed by atoms with Crippen molar-refractivity contribution in [2.75, 3.05) is 13.7 Å². The molecule has 1 N–H and O–H groups in total. The minimum absolute atomic E-state index is 0.0176. The molecule has 0 spiro atoms. The van der Waals surface area contributed by atoms with Crippen molar-refractivity contribution < 1.29 is 24.2 Å². The van der Waals surface area contributed by atoms with Crippen molar-refractivity contribution >= 4 is 18.0 Å². The smallest absolute Gasteiger partial charge is 0.339 e. The van der Waals surface area contributed by atoms with E-state index in [2.05, 4.69) is 5.10 Å². The van der Waals surface area contributed by atoms with E-state index in [9.17, 15) is 14.7 Å². The maximum absolute atomic E-state index is 11.5. The van der Waals surface area contributed by atoms with Gasteiger partial charge in [-0.3, -0.25) is 4.68 Å². The van der Waals surface area contributed by atoms with Crippen molar-refractivity contribution in [2.24, 2.45) is 0 Å². The summed E-state index contributed by atoms with van der Waals surface area (Å²) in [6, 6.07) is 7.34. The van der Waals surface area contributed by atoms with Gasteiger partial charge in [-0.2, -0.15) is 5.10 Å². The molecule has 7 heteroatoms. The van der Waals surface area contributed by atoms with Gasteiger partial charge in [-0.25, -0.2) is 9.59 Å². The van der Waals surface area contributed by atoms with Gasteiger partial charge in [0.05, 0.1) is 32.2 Å². The first-order valence-corrected chi connectivity index (χ1v) is 7.32. The molecular formula is C17H18N2O5. The van der Waals surface area contributed by atoms with E-state index < -0.39 is 11.9 Å². The van der Waals surface area contributed by atoms with Gasteiger partial charge in [0.25, 0.3) is 0 Å². The van der Waals surface area contributed by atoms with Crippen LogP contribution in [0.3, 0.4) is 0 Å². The highest BCUT2D eigenvalue weighted by Gasteiger charge is 2.15. The van der Waals surface area contributed by atoms with Crippen LogP contribution in [-0.4, -0.2) is 40.5 Å². The quantitative estimate of drug-likeness (QED) is 0.618. The van der Waals surface area contributed by atoms with E-state index in [1.54, 1.807) is 14.0 Å². The summed E-state index contributed by atoms with van der Waals surface area (Å²) in [7, 11) is 1.58. The van der Waals surface area contributed by atoms with Crippen LogP contribution in [0.4, 0.5) is 0 Å². The Bertz CT molecular complexity index is 747. The van der Waals surface area contributed by atoms with Crippen LogP contribution < -0.4 is 4.74 Å². The molecule has 1 heterocycles. The van der Waals surface area contributed by atoms with Gasteiger partial charge in [-0.1, -0.05) is 12.1 Å². The monoisotopic (exact) mass is 330 g/mol. The standard InChI is InChI=1S/C17H18N2O5/c1-3-24-16(20)9-8-15-14(17(21)22)10-18-19(15)11-12-4-6-13(23-2)7-5-12/h4-10H,3,11H2,1-2H3,(H,21,22)/b9-8+. The van der Waals surface area contributed by atoms with Crippen LogP contribution in [0.1, 0.15) is 28.5 Å². The Kier molecular flexibility index (Phi) is 5.73. The lowest BCUT2D eigenvalue weighted by molar-refractivity contribution is -0.137. The van der Waals surface area contributed by atoms with Crippen molar-refractivity contribution in [3.63, 3.8) is 0 Å². The molecule has 24 heavy (non-hydrogen) atoms. The number of carboxylic acids is 1. The molecule has 0 saturated carbocycles. The SMILES string of the molecule is CCOC(=O)/C=C/c1c(C(=O)O)cnn1Cc1ccc(OC)cc1. The predicted octanol–water partition coefficient (Wildman–Crippen LogP) is 2.21. The third kappa shape index (κ3) is 4.22. The van der Waals surface area contributed by atoms with Crippen molar-refractivity contribution in [3.05, 3.63) is 53.4 Å². The lowest BCUT2D eigenvalue weighted by Gasteiger charge is -2.07. The number of hydrogen-bond donors (Lipinski definition) is 1. The number of ether oxygens (including phenoxy) is 2. The van der Waals surface area contributed by atoms with Gasteiger partial charge in [0.15, 0.2) is 0 Å². The summed E-state index contributed by atoms with van der Waals surface area (Å²) in [5, 5.41) is 13.4. The van der Waals surface area contributed by atoms with E-state index in [-0.39, 0.29) is 12.2 Å². The molecule has 0 aliphatic heterocycles. The third-order valence-corrected chi connectivity index (χ3v) is 3.27. The molecule has 0 bridgehead atoms. The lowest BCUT2D eigenvalue weighted by atomic mass is 10.2. The highest BCUT2D eigenvalue weighted by Crippen LogP contribution is 2.16. The fourth-order valence-electron chi connectivity index (χ4n) is 2.10. The fraction of sp³-hybridized carbons (Fsp3) is 0.235. The number of carboxylic acid groups (broad SMARTS) is 1. The summed E-state index contributed by atoms with van der Waals surface area (Å²) < 4.78 is 11.4. The fourth-order valence-corrected chi connectivity index (χ4v) is 2.10. The summed E-state index contributed by atoms with van der Waals surface area (Å²) in [4.78, 5) is 22.8. The van der Waals surface area contributed by atoms with Gasteiger partial charge in [0.1, 0.15) is 11.3 Å². The van der Waals surface area contributed by atoms with E-state index in [1.807, 2.05) is 24.3 Å². The number of rotatable bonds is 7. The van der Waals surface area contributed by atoms with Gasteiger partial charge >= 0.3 is 11.9 Å². The van der Waals surface area contributed by atoms with Crippen LogP contribution in [-0.2, 0) is 16.1 Å². The first-order chi connectivity index (χ1) is 11.5. The number of nitrogens with zero attached hydrogens (tertiary/aromatic N) is 2. The molecular weight excluding hydrogens is 312 g/mol. The second kappa shape index (κ2) is 7.96. The number of benzene rings is 1. The van der Waals surface area contributed by atoms with Crippen LogP contribution in [0.15, 0.2) is 36.5 Å². The van der Waals surface area contributed by atoms with Crippen molar-refractivity contribution in [3.8, 4) is 5.75 Å². The molecule has 0 radical (unpaired) electrons. The minimum Gasteiger partial charge on any atom is -0.497 e. The van der Waals surface area contributed by atoms with Crippen LogP contribution in [0.2, 0.25) is 0 Å². The second-order valence-electron chi connectivity index (χ2n) is 4.84. The number of carbonyl (C=O) groups excluding carboxylic acids is 1. The molecule has 126 valence electrons. The zero-order valence-electron chi connectivity index (χ0n) is 13.4. The van der Waals surface area contributed by atoms with E-state index in [0.717, 1.165) is 11.3 Å². The maximum atomic E-state index is 11.5. The van der Waals surface area contributed by atoms with Crippen molar-refractivity contribution in [1.82, 2.24) is 9.78 Å². The summed E-state index contributed by atoms with van der Waals surface area (Å²) in [5.41, 5.74) is 1.26. The van der Waals surface area contributed by atoms with Gasteiger partial charge in [-0.15, -0.1) is 0 Å². The molecule has 0 atom stereocenters. The normalized spacial score (nSPS) is 10.8. The van der Waals surface area contributed by atoms with E-state index in [1.165, 1.54) is 23.0 Å². The summed E-state index contributed by atoms with van der Waals surface area (Å²) in [6.07, 6.45) is 3.85. The van der Waals surface area contributed by atoms with Gasteiger partial charge in [-0.05, 0) is 30.7 Å². The summed E-state index contributed by atoms with van der Waals surface area (Å²) in [5.74, 6) is -0.918. The zero-order valence-corrected chi connectivity index (χ0v) is 13.4. The number of carbonyl (C=O) groups is 2. The lowest BCUT2D eigenvalue weighted by Crippen LogP contribution is -2.07. The van der Waals surface area contributed by atoms with Crippen molar-refractivity contribution in [1.29, 1.82) is 0 Å². The average Bonchev–Trinajstić information content (AvgIpc) is 2.97. The Morgan fingerprint density at radius 2 is 2.00 bits per heavy atom. The largest absolute Gasteiger partial charge is 0.497 e. The molecule has 1 aromatic carbocycles. The van der Waals surface area contributed by atoms with Crippen LogP contribution in [0, 0.1) is 0 Å². The predicted molar refractivity (Wildman–Crippen MR) is 86.9 cm³/mol. The molecule has 0 unspecified atom stereocenters. The molecule has 0 aliphatic rings. The first-order valence-electron chi connectivity index (χ1n) is 7.32. The molecule has 0 amide bonds. The molecule has 1 aromatic heterocycles. The molecule has 2 rings (SSSR count). The Morgan fingerprint density at radius 1 is 1.29 bits per heavy atom. The number of esters is 1. The maximum Gasteiger partial charge on any atom is 0.339 e. The molecule has 0 fully saturated rings. The van der Waals surface area contributed by atoms with Gasteiger partial charge in [0.2, 0.25) is 0 Å². The third-order valence-electron chi connectivity index (χ3n) is 3.27. The number of aromatic nitrogens is 2. The minimum atomic E-state index is -1.11. The molecule has 0 aliphatic carbocycles. The summed E-state index contributed by atoms with van der Waals surface area (Å²) in [6.45, 7) is 2.31. The number of methoxy groups -OCH3 is 1. The second-order valence-corrected chi connectivity index (χ2v) is 4.84. The topological polar surface area (TPSA) is 90.7 Å².